The van der Waals surface area contributed by atoms with Gasteiger partial charge < -0.3 is 15.0 Å². The van der Waals surface area contributed by atoms with E-state index in [-0.39, 0.29) is 5.54 Å². The van der Waals surface area contributed by atoms with Gasteiger partial charge in [-0.15, -0.1) is 0 Å². The largest absolute Gasteiger partial charge is 0.377 e. The molecule has 0 aromatic carbocycles. The highest BCUT2D eigenvalue weighted by Crippen LogP contribution is 2.20. The Bertz CT molecular complexity index is 235. The highest BCUT2D eigenvalue weighted by molar-refractivity contribution is 4.79. The van der Waals surface area contributed by atoms with Gasteiger partial charge in [0.15, 0.2) is 0 Å². The van der Waals surface area contributed by atoms with E-state index in [1.807, 2.05) is 0 Å². The molecule has 2 rings (SSSR count). The predicted molar refractivity (Wildman–Crippen MR) is 75.9 cm³/mol. The lowest BCUT2D eigenvalue weighted by Crippen LogP contribution is -2.44. The molecule has 2 fully saturated rings. The van der Waals surface area contributed by atoms with Crippen LogP contribution in [-0.4, -0.2) is 49.3 Å². The van der Waals surface area contributed by atoms with Gasteiger partial charge in [0.05, 0.1) is 6.10 Å². The first-order chi connectivity index (χ1) is 8.53. The van der Waals surface area contributed by atoms with Crippen LogP contribution in [0.2, 0.25) is 0 Å². The van der Waals surface area contributed by atoms with E-state index in [0.717, 1.165) is 12.5 Å². The summed E-state index contributed by atoms with van der Waals surface area (Å²) in [4.78, 5) is 2.60. The van der Waals surface area contributed by atoms with Crippen LogP contribution >= 0.6 is 0 Å². The molecule has 3 heteroatoms. The maximum Gasteiger partial charge on any atom is 0.0702 e. The van der Waals surface area contributed by atoms with Crippen LogP contribution in [-0.2, 0) is 4.74 Å². The van der Waals surface area contributed by atoms with Crippen molar-refractivity contribution in [3.8, 4) is 0 Å². The first kappa shape index (κ1) is 14.3. The summed E-state index contributed by atoms with van der Waals surface area (Å²) >= 11 is 0. The highest BCUT2D eigenvalue weighted by Gasteiger charge is 2.24. The molecule has 1 unspecified atom stereocenters. The van der Waals surface area contributed by atoms with E-state index in [1.165, 1.54) is 51.9 Å². The van der Waals surface area contributed by atoms with Crippen molar-refractivity contribution in [3.05, 3.63) is 0 Å². The first-order valence-electron chi connectivity index (χ1n) is 7.62. The van der Waals surface area contributed by atoms with E-state index < -0.39 is 0 Å². The number of hydrogen-bond acceptors (Lipinski definition) is 3. The molecule has 2 aliphatic rings. The summed E-state index contributed by atoms with van der Waals surface area (Å²) in [5.74, 6) is 0.866. The van der Waals surface area contributed by atoms with Gasteiger partial charge in [0.2, 0.25) is 0 Å². The highest BCUT2D eigenvalue weighted by atomic mass is 16.5. The summed E-state index contributed by atoms with van der Waals surface area (Å²) in [7, 11) is 0. The third-order valence-corrected chi connectivity index (χ3v) is 4.11. The van der Waals surface area contributed by atoms with Gasteiger partial charge in [0.25, 0.3) is 0 Å². The van der Waals surface area contributed by atoms with E-state index >= 15 is 0 Å². The minimum absolute atomic E-state index is 0.259. The van der Waals surface area contributed by atoms with Crippen molar-refractivity contribution < 1.29 is 4.74 Å². The predicted octanol–water partition coefficient (Wildman–Crippen LogP) is 2.27. The Labute approximate surface area is 112 Å². The molecule has 0 radical (unpaired) electrons. The summed E-state index contributed by atoms with van der Waals surface area (Å²) in [6.07, 6.45) is 5.74. The number of nitrogens with zero attached hydrogens (tertiary/aromatic N) is 1. The molecule has 1 N–H and O–H groups in total. The van der Waals surface area contributed by atoms with E-state index in [0.29, 0.717) is 6.10 Å². The fourth-order valence-corrected chi connectivity index (χ4v) is 2.90. The second-order valence-corrected chi connectivity index (χ2v) is 7.01. The molecule has 0 bridgehead atoms. The normalized spacial score (nSPS) is 27.8. The minimum atomic E-state index is 0.259. The number of nitrogens with one attached hydrogen (secondary N) is 1. The molecular formula is C15H30N2O. The number of likely N-dealkylation sites (tertiary alicyclic amines) is 1. The maximum absolute atomic E-state index is 5.72. The van der Waals surface area contributed by atoms with Crippen molar-refractivity contribution in [2.24, 2.45) is 5.92 Å². The Morgan fingerprint density at radius 1 is 1.17 bits per heavy atom. The first-order valence-corrected chi connectivity index (χ1v) is 7.62. The maximum atomic E-state index is 5.72. The standard InChI is InChI=1S/C15H30N2O/c1-15(2,3)16-11-13-6-8-17(9-7-13)12-14-5-4-10-18-14/h13-14,16H,4-12H2,1-3H3. The number of ether oxygens (including phenoxy) is 1. The Balaban J connectivity index is 1.61. The van der Waals surface area contributed by atoms with E-state index in [9.17, 15) is 0 Å². The van der Waals surface area contributed by atoms with E-state index in [2.05, 4.69) is 31.0 Å². The quantitative estimate of drug-likeness (QED) is 0.833. The zero-order chi connectivity index (χ0) is 13.0. The lowest BCUT2D eigenvalue weighted by atomic mass is 9.95. The molecule has 0 saturated carbocycles. The second kappa shape index (κ2) is 6.36. The van der Waals surface area contributed by atoms with Crippen molar-refractivity contribution in [3.63, 3.8) is 0 Å². The van der Waals surface area contributed by atoms with Crippen molar-refractivity contribution in [2.75, 3.05) is 32.8 Å². The summed E-state index contributed by atoms with van der Waals surface area (Å²) < 4.78 is 5.72. The van der Waals surface area contributed by atoms with Gasteiger partial charge >= 0.3 is 0 Å². The molecular weight excluding hydrogens is 224 g/mol. The van der Waals surface area contributed by atoms with Gasteiger partial charge in [-0.05, 0) is 72.0 Å². The monoisotopic (exact) mass is 254 g/mol. The topological polar surface area (TPSA) is 24.5 Å². The Morgan fingerprint density at radius 3 is 2.44 bits per heavy atom. The summed E-state index contributed by atoms with van der Waals surface area (Å²) in [6, 6.07) is 0. The molecule has 2 saturated heterocycles. The molecule has 3 nitrogen and oxygen atoms in total. The molecule has 2 heterocycles. The average Bonchev–Trinajstić information content (AvgIpc) is 2.80. The van der Waals surface area contributed by atoms with Crippen LogP contribution in [0.25, 0.3) is 0 Å². The van der Waals surface area contributed by atoms with Crippen LogP contribution in [0.1, 0.15) is 46.5 Å². The number of piperidine rings is 1. The molecule has 0 aliphatic carbocycles. The van der Waals surface area contributed by atoms with Crippen LogP contribution in [0, 0.1) is 5.92 Å². The van der Waals surface area contributed by atoms with Crippen LogP contribution in [0.15, 0.2) is 0 Å². The summed E-state index contributed by atoms with van der Waals surface area (Å²) in [5.41, 5.74) is 0.259. The van der Waals surface area contributed by atoms with E-state index in [1.54, 1.807) is 0 Å². The Kier molecular flexibility index (Phi) is 5.05. The fraction of sp³-hybridized carbons (Fsp3) is 1.00. The summed E-state index contributed by atoms with van der Waals surface area (Å²) in [5, 5.41) is 3.64. The van der Waals surface area contributed by atoms with Gasteiger partial charge in [-0.2, -0.15) is 0 Å². The smallest absolute Gasteiger partial charge is 0.0702 e. The van der Waals surface area contributed by atoms with Crippen LogP contribution in [0.5, 0.6) is 0 Å². The minimum Gasteiger partial charge on any atom is -0.377 e. The van der Waals surface area contributed by atoms with Crippen molar-refractivity contribution in [1.82, 2.24) is 10.2 Å². The molecule has 18 heavy (non-hydrogen) atoms. The van der Waals surface area contributed by atoms with Crippen molar-refractivity contribution >= 4 is 0 Å². The molecule has 0 aromatic heterocycles. The van der Waals surface area contributed by atoms with Gasteiger partial charge in [0.1, 0.15) is 0 Å². The van der Waals surface area contributed by atoms with Gasteiger partial charge in [-0.25, -0.2) is 0 Å². The average molecular weight is 254 g/mol. The molecule has 0 aromatic rings. The number of hydrogen-bond donors (Lipinski definition) is 1. The fourth-order valence-electron chi connectivity index (χ4n) is 2.90. The molecule has 0 amide bonds. The molecule has 2 aliphatic heterocycles. The number of rotatable bonds is 4. The van der Waals surface area contributed by atoms with E-state index in [4.69, 9.17) is 4.74 Å². The van der Waals surface area contributed by atoms with Crippen molar-refractivity contribution in [2.45, 2.75) is 58.1 Å². The van der Waals surface area contributed by atoms with Gasteiger partial charge in [-0.1, -0.05) is 0 Å². The Morgan fingerprint density at radius 2 is 1.89 bits per heavy atom. The summed E-state index contributed by atoms with van der Waals surface area (Å²) in [6.45, 7) is 12.6. The lowest BCUT2D eigenvalue weighted by Gasteiger charge is -2.34. The second-order valence-electron chi connectivity index (χ2n) is 7.01. The third-order valence-electron chi connectivity index (χ3n) is 4.11. The molecule has 1 atom stereocenters. The SMILES string of the molecule is CC(C)(C)NCC1CCN(CC2CCCO2)CC1. The third kappa shape index (κ3) is 4.87. The lowest BCUT2D eigenvalue weighted by molar-refractivity contribution is 0.0593. The Hall–Kier alpha value is -0.120. The van der Waals surface area contributed by atoms with Gasteiger partial charge in [0, 0.05) is 18.7 Å². The molecule has 106 valence electrons. The van der Waals surface area contributed by atoms with Gasteiger partial charge in [-0.3, -0.25) is 0 Å². The molecule has 0 spiro atoms. The van der Waals surface area contributed by atoms with Crippen LogP contribution in [0.3, 0.4) is 0 Å². The van der Waals surface area contributed by atoms with Crippen molar-refractivity contribution in [1.29, 1.82) is 0 Å². The van der Waals surface area contributed by atoms with Crippen LogP contribution in [0.4, 0.5) is 0 Å². The van der Waals surface area contributed by atoms with Crippen LogP contribution < -0.4 is 5.32 Å². The zero-order valence-electron chi connectivity index (χ0n) is 12.4. The zero-order valence-corrected chi connectivity index (χ0v) is 12.4.